The van der Waals surface area contributed by atoms with Crippen LogP contribution in [0.3, 0.4) is 0 Å². The van der Waals surface area contributed by atoms with Crippen LogP contribution in [0.25, 0.3) is 17.2 Å². The van der Waals surface area contributed by atoms with Crippen molar-refractivity contribution < 1.29 is 14.3 Å². The number of anilines is 1. The van der Waals surface area contributed by atoms with Crippen molar-refractivity contribution in [1.82, 2.24) is 4.90 Å². The predicted octanol–water partition coefficient (Wildman–Crippen LogP) is 7.27. The Bertz CT molecular complexity index is 1280. The lowest BCUT2D eigenvalue weighted by molar-refractivity contribution is -0.113. The van der Waals surface area contributed by atoms with Crippen molar-refractivity contribution in [3.05, 3.63) is 82.9 Å². The van der Waals surface area contributed by atoms with Crippen LogP contribution in [0, 0.1) is 13.8 Å². The summed E-state index contributed by atoms with van der Waals surface area (Å²) in [6.07, 6.45) is 2.49. The van der Waals surface area contributed by atoms with Crippen LogP contribution >= 0.6 is 0 Å². The van der Waals surface area contributed by atoms with E-state index in [9.17, 15) is 4.79 Å². The fraction of sp³-hybridized carbons (Fsp3) is 0.364. The van der Waals surface area contributed by atoms with E-state index in [1.165, 1.54) is 5.56 Å². The Balaban J connectivity index is 1.47. The average Bonchev–Trinajstić information content (AvgIpc) is 3.10. The number of nitrogens with one attached hydrogen (secondary N) is 1. The van der Waals surface area contributed by atoms with E-state index in [4.69, 9.17) is 9.47 Å². The van der Waals surface area contributed by atoms with Gasteiger partial charge in [0.15, 0.2) is 0 Å². The van der Waals surface area contributed by atoms with E-state index >= 15 is 0 Å². The van der Waals surface area contributed by atoms with Crippen LogP contribution in [0.5, 0.6) is 11.5 Å². The summed E-state index contributed by atoms with van der Waals surface area (Å²) in [4.78, 5) is 15.7. The van der Waals surface area contributed by atoms with Crippen LogP contribution in [0.15, 0.2) is 66.2 Å². The summed E-state index contributed by atoms with van der Waals surface area (Å²) < 4.78 is 12.1. The first-order valence-corrected chi connectivity index (χ1v) is 13.6. The van der Waals surface area contributed by atoms with Crippen molar-refractivity contribution in [3.8, 4) is 22.6 Å². The minimum absolute atomic E-state index is 0.122. The summed E-state index contributed by atoms with van der Waals surface area (Å²) in [6.45, 7) is 14.8. The molecule has 4 rings (SSSR count). The van der Waals surface area contributed by atoms with Crippen molar-refractivity contribution in [2.75, 3.05) is 25.1 Å². The summed E-state index contributed by atoms with van der Waals surface area (Å²) in [6, 6.07) is 21.3. The van der Waals surface area contributed by atoms with E-state index in [0.29, 0.717) is 37.3 Å². The molecule has 0 aliphatic carbocycles. The molecule has 1 heterocycles. The molecule has 1 aliphatic heterocycles. The number of hydrogen-bond acceptors (Lipinski definition) is 4. The molecule has 38 heavy (non-hydrogen) atoms. The molecule has 1 aliphatic rings. The van der Waals surface area contributed by atoms with Crippen LogP contribution in [0.4, 0.5) is 5.69 Å². The van der Waals surface area contributed by atoms with Crippen molar-refractivity contribution in [2.24, 2.45) is 0 Å². The summed E-state index contributed by atoms with van der Waals surface area (Å²) >= 11 is 0. The van der Waals surface area contributed by atoms with Crippen LogP contribution in [0.2, 0.25) is 0 Å². The predicted molar refractivity (Wildman–Crippen MR) is 157 cm³/mol. The first-order valence-electron chi connectivity index (χ1n) is 13.6. The van der Waals surface area contributed by atoms with Gasteiger partial charge in [-0.1, -0.05) is 42.0 Å². The number of carbonyl (C=O) groups excluding carboxylic acids is 1. The Kier molecular flexibility index (Phi) is 8.90. The van der Waals surface area contributed by atoms with E-state index in [2.05, 4.69) is 81.2 Å². The Morgan fingerprint density at radius 2 is 1.66 bits per heavy atom. The van der Waals surface area contributed by atoms with Crippen molar-refractivity contribution in [3.63, 3.8) is 0 Å². The zero-order valence-corrected chi connectivity index (χ0v) is 23.5. The van der Waals surface area contributed by atoms with E-state index in [-0.39, 0.29) is 5.91 Å². The average molecular weight is 513 g/mol. The van der Waals surface area contributed by atoms with Gasteiger partial charge >= 0.3 is 0 Å². The van der Waals surface area contributed by atoms with E-state index < -0.39 is 0 Å². The summed E-state index contributed by atoms with van der Waals surface area (Å²) in [7, 11) is 0. The number of ether oxygens (including phenoxy) is 2. The molecule has 3 aromatic rings. The highest BCUT2D eigenvalue weighted by molar-refractivity contribution is 6.07. The quantitative estimate of drug-likeness (QED) is 0.327. The Morgan fingerprint density at radius 1 is 0.947 bits per heavy atom. The Morgan fingerprint density at radius 3 is 2.37 bits per heavy atom. The van der Waals surface area contributed by atoms with Gasteiger partial charge in [-0.15, -0.1) is 0 Å². The molecule has 3 aromatic carbocycles. The Labute approximate surface area is 227 Å². The normalized spacial score (nSPS) is 13.1. The fourth-order valence-electron chi connectivity index (χ4n) is 4.85. The van der Waals surface area contributed by atoms with Gasteiger partial charge in [0.25, 0.3) is 5.91 Å². The largest absolute Gasteiger partial charge is 0.493 e. The van der Waals surface area contributed by atoms with E-state index in [1.54, 1.807) is 0 Å². The van der Waals surface area contributed by atoms with Gasteiger partial charge in [-0.2, -0.15) is 0 Å². The molecule has 0 fully saturated rings. The number of benzene rings is 3. The molecule has 1 N–H and O–H groups in total. The van der Waals surface area contributed by atoms with Crippen LogP contribution < -0.4 is 14.8 Å². The van der Waals surface area contributed by atoms with Gasteiger partial charge in [0.05, 0.1) is 6.61 Å². The smallest absolute Gasteiger partial charge is 0.251 e. The maximum absolute atomic E-state index is 13.3. The second-order valence-electron chi connectivity index (χ2n) is 10.6. The lowest BCUT2D eigenvalue weighted by atomic mass is 10.00. The first kappa shape index (κ1) is 27.5. The van der Waals surface area contributed by atoms with Crippen LogP contribution in [-0.4, -0.2) is 42.6 Å². The molecule has 5 heteroatoms. The third-order valence-corrected chi connectivity index (χ3v) is 7.02. The SMILES string of the molecule is Cc1ccc(-c2ccc3c(c2)C=C(C(=O)Nc2ccc(C)c(OCCN(C(C)C)C(C)C)c2)CCO3)cc1. The van der Waals surface area contributed by atoms with Crippen molar-refractivity contribution in [1.29, 1.82) is 0 Å². The second kappa shape index (κ2) is 12.3. The highest BCUT2D eigenvalue weighted by Crippen LogP contribution is 2.32. The number of amides is 1. The molecule has 5 nitrogen and oxygen atoms in total. The van der Waals surface area contributed by atoms with Gasteiger partial charge in [-0.25, -0.2) is 0 Å². The maximum atomic E-state index is 13.3. The lowest BCUT2D eigenvalue weighted by Crippen LogP contribution is -2.39. The van der Waals surface area contributed by atoms with Crippen molar-refractivity contribution in [2.45, 2.75) is 60.0 Å². The van der Waals surface area contributed by atoms with Crippen LogP contribution in [-0.2, 0) is 4.79 Å². The number of rotatable bonds is 9. The third-order valence-electron chi connectivity index (χ3n) is 7.02. The van der Waals surface area contributed by atoms with Gasteiger partial charge in [0.2, 0.25) is 0 Å². The first-order chi connectivity index (χ1) is 18.2. The molecule has 0 atom stereocenters. The number of fused-ring (bicyclic) bond motifs is 1. The molecule has 200 valence electrons. The lowest BCUT2D eigenvalue weighted by Gasteiger charge is -2.30. The monoisotopic (exact) mass is 512 g/mol. The highest BCUT2D eigenvalue weighted by Gasteiger charge is 2.17. The topological polar surface area (TPSA) is 50.8 Å². The molecule has 0 radical (unpaired) electrons. The molecular weight excluding hydrogens is 472 g/mol. The molecule has 0 unspecified atom stereocenters. The molecular formula is C33H40N2O3. The standard InChI is InChI=1S/C33H40N2O3/c1-22(2)35(23(3)4)16-18-38-32-21-30(13-9-25(32)6)34-33(36)28-15-17-37-31-14-12-27(19-29(31)20-28)26-10-7-24(5)8-11-26/h7-14,19-23H,15-18H2,1-6H3,(H,34,36). The van der Waals surface area contributed by atoms with Crippen molar-refractivity contribution >= 4 is 17.7 Å². The molecule has 0 saturated carbocycles. The maximum Gasteiger partial charge on any atom is 0.251 e. The zero-order valence-electron chi connectivity index (χ0n) is 23.5. The number of hydrogen-bond donors (Lipinski definition) is 1. The fourth-order valence-corrected chi connectivity index (χ4v) is 4.85. The molecule has 1 amide bonds. The number of nitrogens with zero attached hydrogens (tertiary/aromatic N) is 1. The van der Waals surface area contributed by atoms with Gasteiger partial charge in [-0.05, 0) is 82.5 Å². The van der Waals surface area contributed by atoms with Gasteiger partial charge in [0.1, 0.15) is 18.1 Å². The van der Waals surface area contributed by atoms with Gasteiger partial charge < -0.3 is 14.8 Å². The molecule has 0 aromatic heterocycles. The molecule has 0 bridgehead atoms. The zero-order chi connectivity index (χ0) is 27.2. The third kappa shape index (κ3) is 6.84. The number of carbonyl (C=O) groups is 1. The van der Waals surface area contributed by atoms with Gasteiger partial charge in [0, 0.05) is 47.9 Å². The van der Waals surface area contributed by atoms with E-state index in [0.717, 1.165) is 46.0 Å². The number of aryl methyl sites for hydroxylation is 2. The second-order valence-corrected chi connectivity index (χ2v) is 10.6. The molecule has 0 spiro atoms. The summed E-state index contributed by atoms with van der Waals surface area (Å²) in [5.41, 5.74) is 6.83. The summed E-state index contributed by atoms with van der Waals surface area (Å²) in [5.74, 6) is 1.47. The minimum atomic E-state index is -0.122. The van der Waals surface area contributed by atoms with E-state index in [1.807, 2.05) is 37.3 Å². The van der Waals surface area contributed by atoms with Crippen LogP contribution in [0.1, 0.15) is 50.8 Å². The summed E-state index contributed by atoms with van der Waals surface area (Å²) in [5, 5.41) is 3.07. The van der Waals surface area contributed by atoms with Gasteiger partial charge in [-0.3, -0.25) is 9.69 Å². The Hall–Kier alpha value is -3.57. The minimum Gasteiger partial charge on any atom is -0.493 e. The molecule has 0 saturated heterocycles. The highest BCUT2D eigenvalue weighted by atomic mass is 16.5.